The topological polar surface area (TPSA) is 55.6 Å². The molecule has 5 heteroatoms. The average molecular weight is 357 g/mol. The van der Waals surface area contributed by atoms with Crippen LogP contribution < -0.4 is 10.1 Å². The van der Waals surface area contributed by atoms with Gasteiger partial charge in [-0.05, 0) is 29.8 Å². The van der Waals surface area contributed by atoms with Gasteiger partial charge < -0.3 is 14.5 Å². The molecule has 2 aromatic carbocycles. The molecular weight excluding hydrogens is 338 g/mol. The van der Waals surface area contributed by atoms with Gasteiger partial charge in [-0.25, -0.2) is 4.98 Å². The van der Waals surface area contributed by atoms with Crippen molar-refractivity contribution >= 4 is 11.6 Å². The third-order valence-electron chi connectivity index (χ3n) is 4.40. The van der Waals surface area contributed by atoms with Crippen molar-refractivity contribution in [2.45, 2.75) is 6.54 Å². The normalized spacial score (nSPS) is 10.7. The van der Waals surface area contributed by atoms with Crippen LogP contribution in [0.25, 0.3) is 16.9 Å². The van der Waals surface area contributed by atoms with Crippen molar-refractivity contribution in [3.05, 3.63) is 90.3 Å². The first kappa shape index (κ1) is 16.8. The zero-order valence-electron chi connectivity index (χ0n) is 14.9. The molecule has 134 valence electrons. The van der Waals surface area contributed by atoms with Crippen molar-refractivity contribution in [3.63, 3.8) is 0 Å². The number of pyridine rings is 1. The summed E-state index contributed by atoms with van der Waals surface area (Å²) in [6.45, 7) is 0.456. The van der Waals surface area contributed by atoms with E-state index in [2.05, 4.69) is 10.3 Å². The molecule has 0 aliphatic carbocycles. The highest BCUT2D eigenvalue weighted by atomic mass is 16.5. The maximum absolute atomic E-state index is 12.5. The van der Waals surface area contributed by atoms with Crippen molar-refractivity contribution in [2.24, 2.45) is 0 Å². The van der Waals surface area contributed by atoms with Gasteiger partial charge in [-0.1, -0.05) is 42.5 Å². The summed E-state index contributed by atoms with van der Waals surface area (Å²) in [5.41, 5.74) is 4.27. The summed E-state index contributed by atoms with van der Waals surface area (Å²) in [7, 11) is 1.63. The Labute approximate surface area is 157 Å². The number of rotatable bonds is 5. The van der Waals surface area contributed by atoms with Crippen LogP contribution in [0.15, 0.2) is 79.1 Å². The Morgan fingerprint density at radius 2 is 1.85 bits per heavy atom. The molecule has 0 saturated heterocycles. The van der Waals surface area contributed by atoms with Gasteiger partial charge in [0.25, 0.3) is 5.91 Å². The molecule has 4 aromatic rings. The maximum atomic E-state index is 12.5. The lowest BCUT2D eigenvalue weighted by Gasteiger charge is -2.06. The lowest BCUT2D eigenvalue weighted by Crippen LogP contribution is -2.22. The number of hydrogen-bond acceptors (Lipinski definition) is 3. The van der Waals surface area contributed by atoms with Crippen molar-refractivity contribution in [2.75, 3.05) is 7.11 Å². The number of hydrogen-bond donors (Lipinski definition) is 1. The summed E-state index contributed by atoms with van der Waals surface area (Å²) in [5.74, 6) is 0.668. The third-order valence-corrected chi connectivity index (χ3v) is 4.40. The minimum Gasteiger partial charge on any atom is -0.497 e. The van der Waals surface area contributed by atoms with E-state index in [-0.39, 0.29) is 5.91 Å². The average Bonchev–Trinajstić information content (AvgIpc) is 3.16. The van der Waals surface area contributed by atoms with Gasteiger partial charge in [-0.2, -0.15) is 0 Å². The number of aromatic nitrogens is 2. The summed E-state index contributed by atoms with van der Waals surface area (Å²) in [5, 5.41) is 2.94. The Morgan fingerprint density at radius 1 is 1.07 bits per heavy atom. The molecule has 0 bridgehead atoms. The monoisotopic (exact) mass is 357 g/mol. The molecule has 0 aliphatic heterocycles. The van der Waals surface area contributed by atoms with Crippen LogP contribution in [0.4, 0.5) is 0 Å². The second kappa shape index (κ2) is 7.33. The van der Waals surface area contributed by atoms with E-state index in [1.165, 1.54) is 0 Å². The van der Waals surface area contributed by atoms with E-state index in [9.17, 15) is 4.79 Å². The molecule has 0 atom stereocenters. The van der Waals surface area contributed by atoms with E-state index in [0.717, 1.165) is 28.2 Å². The van der Waals surface area contributed by atoms with E-state index in [4.69, 9.17) is 4.74 Å². The Balaban J connectivity index is 1.50. The fourth-order valence-electron chi connectivity index (χ4n) is 2.90. The van der Waals surface area contributed by atoms with Gasteiger partial charge in [0.15, 0.2) is 0 Å². The van der Waals surface area contributed by atoms with Gasteiger partial charge in [-0.15, -0.1) is 0 Å². The molecule has 1 amide bonds. The SMILES string of the molecule is COc1ccc(CNC(=O)c2ccn3cc(-c4ccccc4)nc3c2)cc1. The van der Waals surface area contributed by atoms with Crippen LogP contribution in [0.3, 0.4) is 0 Å². The smallest absolute Gasteiger partial charge is 0.251 e. The third kappa shape index (κ3) is 3.67. The Morgan fingerprint density at radius 3 is 2.59 bits per heavy atom. The molecule has 0 spiro atoms. The first-order chi connectivity index (χ1) is 13.2. The molecule has 0 unspecified atom stereocenters. The number of carbonyl (C=O) groups is 1. The van der Waals surface area contributed by atoms with Crippen LogP contribution in [-0.4, -0.2) is 22.4 Å². The molecule has 1 N–H and O–H groups in total. The lowest BCUT2D eigenvalue weighted by atomic mass is 10.2. The molecule has 0 radical (unpaired) electrons. The van der Waals surface area contributed by atoms with Gasteiger partial charge in [-0.3, -0.25) is 4.79 Å². The van der Waals surface area contributed by atoms with Crippen LogP contribution in [0, 0.1) is 0 Å². The van der Waals surface area contributed by atoms with E-state index in [1.54, 1.807) is 19.2 Å². The standard InChI is InChI=1S/C22H19N3O2/c1-27-19-9-7-16(8-10-19)14-23-22(26)18-11-12-25-15-20(24-21(25)13-18)17-5-3-2-4-6-17/h2-13,15H,14H2,1H3,(H,23,26). The fourth-order valence-corrected chi connectivity index (χ4v) is 2.90. The molecule has 2 aromatic heterocycles. The Kier molecular flexibility index (Phi) is 4.58. The highest BCUT2D eigenvalue weighted by Gasteiger charge is 2.09. The molecule has 2 heterocycles. The molecule has 0 saturated carbocycles. The Bertz CT molecular complexity index is 1070. The van der Waals surface area contributed by atoms with Gasteiger partial charge in [0.05, 0.1) is 12.8 Å². The predicted molar refractivity (Wildman–Crippen MR) is 105 cm³/mol. The fraction of sp³-hybridized carbons (Fsp3) is 0.0909. The van der Waals surface area contributed by atoms with E-state index in [0.29, 0.717) is 12.1 Å². The van der Waals surface area contributed by atoms with Gasteiger partial charge in [0.2, 0.25) is 0 Å². The van der Waals surface area contributed by atoms with E-state index >= 15 is 0 Å². The zero-order valence-corrected chi connectivity index (χ0v) is 14.9. The molecule has 0 fully saturated rings. The van der Waals surface area contributed by atoms with Crippen molar-refractivity contribution in [3.8, 4) is 17.0 Å². The first-order valence-electron chi connectivity index (χ1n) is 8.68. The number of fused-ring (bicyclic) bond motifs is 1. The zero-order chi connectivity index (χ0) is 18.6. The number of carbonyl (C=O) groups excluding carboxylic acids is 1. The summed E-state index contributed by atoms with van der Waals surface area (Å²) in [4.78, 5) is 17.1. The number of nitrogens with zero attached hydrogens (tertiary/aromatic N) is 2. The van der Waals surface area contributed by atoms with Crippen LogP contribution in [0.2, 0.25) is 0 Å². The number of imidazole rings is 1. The largest absolute Gasteiger partial charge is 0.497 e. The quantitative estimate of drug-likeness (QED) is 0.589. The van der Waals surface area contributed by atoms with Crippen molar-refractivity contribution < 1.29 is 9.53 Å². The first-order valence-corrected chi connectivity index (χ1v) is 8.68. The minimum absolute atomic E-state index is 0.127. The molecule has 5 nitrogen and oxygen atoms in total. The molecule has 27 heavy (non-hydrogen) atoms. The molecule has 0 aliphatic rings. The highest BCUT2D eigenvalue weighted by Crippen LogP contribution is 2.19. The number of amides is 1. The lowest BCUT2D eigenvalue weighted by molar-refractivity contribution is 0.0951. The van der Waals surface area contributed by atoms with Crippen LogP contribution in [0.1, 0.15) is 15.9 Å². The summed E-state index contributed by atoms with van der Waals surface area (Å²) < 4.78 is 7.06. The van der Waals surface area contributed by atoms with Gasteiger partial charge in [0.1, 0.15) is 11.4 Å². The maximum Gasteiger partial charge on any atom is 0.251 e. The Hall–Kier alpha value is -3.60. The van der Waals surface area contributed by atoms with Crippen LogP contribution in [0.5, 0.6) is 5.75 Å². The highest BCUT2D eigenvalue weighted by molar-refractivity contribution is 5.95. The van der Waals surface area contributed by atoms with E-state index in [1.807, 2.05) is 71.4 Å². The second-order valence-electron chi connectivity index (χ2n) is 6.20. The molecular formula is C22H19N3O2. The second-order valence-corrected chi connectivity index (χ2v) is 6.20. The van der Waals surface area contributed by atoms with Gasteiger partial charge >= 0.3 is 0 Å². The van der Waals surface area contributed by atoms with Crippen LogP contribution in [-0.2, 0) is 6.54 Å². The number of methoxy groups -OCH3 is 1. The van der Waals surface area contributed by atoms with E-state index < -0.39 is 0 Å². The number of benzene rings is 2. The predicted octanol–water partition coefficient (Wildman–Crippen LogP) is 3.94. The summed E-state index contributed by atoms with van der Waals surface area (Å²) >= 11 is 0. The van der Waals surface area contributed by atoms with Crippen molar-refractivity contribution in [1.29, 1.82) is 0 Å². The summed E-state index contributed by atoms with van der Waals surface area (Å²) in [6, 6.07) is 21.2. The van der Waals surface area contributed by atoms with Crippen molar-refractivity contribution in [1.82, 2.24) is 14.7 Å². The number of ether oxygens (including phenoxy) is 1. The number of nitrogens with one attached hydrogen (secondary N) is 1. The van der Waals surface area contributed by atoms with Gasteiger partial charge in [0, 0.05) is 30.1 Å². The van der Waals surface area contributed by atoms with Crippen LogP contribution >= 0.6 is 0 Å². The summed E-state index contributed by atoms with van der Waals surface area (Å²) in [6.07, 6.45) is 3.82. The molecule has 4 rings (SSSR count). The minimum atomic E-state index is -0.127.